The van der Waals surface area contributed by atoms with Crippen LogP contribution in [-0.2, 0) is 26.5 Å². The van der Waals surface area contributed by atoms with E-state index in [0.717, 1.165) is 11.1 Å². The van der Waals surface area contributed by atoms with E-state index in [0.29, 0.717) is 28.3 Å². The zero-order valence-electron chi connectivity index (χ0n) is 19.0. The molecule has 0 saturated carbocycles. The van der Waals surface area contributed by atoms with Crippen molar-refractivity contribution in [3.05, 3.63) is 52.6 Å². The molecule has 0 radical (unpaired) electrons. The summed E-state index contributed by atoms with van der Waals surface area (Å²) in [4.78, 5) is 42.2. The van der Waals surface area contributed by atoms with E-state index in [1.807, 2.05) is 26.0 Å². The van der Waals surface area contributed by atoms with E-state index in [1.165, 1.54) is 4.90 Å². The Morgan fingerprint density at radius 3 is 2.65 bits per heavy atom. The van der Waals surface area contributed by atoms with Crippen LogP contribution >= 0.6 is 0 Å². The van der Waals surface area contributed by atoms with E-state index < -0.39 is 41.3 Å². The lowest BCUT2D eigenvalue weighted by Gasteiger charge is -2.30. The number of hydrogen-bond donors (Lipinski definition) is 3. The van der Waals surface area contributed by atoms with Gasteiger partial charge in [0.1, 0.15) is 5.54 Å². The molecule has 4 heterocycles. The average molecular weight is 463 g/mol. The van der Waals surface area contributed by atoms with Gasteiger partial charge in [0.25, 0.3) is 0 Å². The number of amides is 3. The van der Waals surface area contributed by atoms with Crippen LogP contribution in [0.25, 0.3) is 0 Å². The molecular formula is C25H25N3O6. The molecule has 0 bridgehead atoms. The van der Waals surface area contributed by atoms with Gasteiger partial charge in [0.2, 0.25) is 24.5 Å². The van der Waals surface area contributed by atoms with Crippen LogP contribution in [0.1, 0.15) is 29.2 Å². The number of hydrogen-bond acceptors (Lipinski definition) is 7. The van der Waals surface area contributed by atoms with Crippen molar-refractivity contribution >= 4 is 23.4 Å². The number of aliphatic hydroxyl groups excluding tert-OH is 1. The fourth-order valence-corrected chi connectivity index (χ4v) is 6.04. The molecule has 6 rings (SSSR count). The Bertz CT molecular complexity index is 1270. The van der Waals surface area contributed by atoms with Gasteiger partial charge in [-0.15, -0.1) is 0 Å². The molecule has 5 atom stereocenters. The van der Waals surface area contributed by atoms with Crippen molar-refractivity contribution in [3.8, 4) is 11.5 Å². The smallest absolute Gasteiger partial charge is 0.250 e. The summed E-state index contributed by atoms with van der Waals surface area (Å²) in [6.07, 6.45) is -0.947. The van der Waals surface area contributed by atoms with Crippen LogP contribution < -0.4 is 20.1 Å². The molecule has 3 amide bonds. The molecule has 2 aromatic rings. The third kappa shape index (κ3) is 2.65. The molecule has 4 aliphatic heterocycles. The number of ether oxygens (including phenoxy) is 2. The van der Waals surface area contributed by atoms with Gasteiger partial charge in [-0.2, -0.15) is 0 Å². The number of fused-ring (bicyclic) bond motifs is 5. The molecule has 3 N–H and O–H groups in total. The van der Waals surface area contributed by atoms with Gasteiger partial charge >= 0.3 is 0 Å². The number of rotatable bonds is 3. The Balaban J connectivity index is 1.44. The summed E-state index contributed by atoms with van der Waals surface area (Å²) in [6, 6.07) is 8.38. The predicted octanol–water partition coefficient (Wildman–Crippen LogP) is 1.33. The van der Waals surface area contributed by atoms with Gasteiger partial charge in [0.15, 0.2) is 11.5 Å². The molecule has 9 nitrogen and oxygen atoms in total. The fourth-order valence-electron chi connectivity index (χ4n) is 6.04. The fraction of sp³-hybridized carbons (Fsp3) is 0.400. The lowest BCUT2D eigenvalue weighted by atomic mass is 9.75. The van der Waals surface area contributed by atoms with Crippen LogP contribution in [-0.4, -0.2) is 46.7 Å². The van der Waals surface area contributed by atoms with Gasteiger partial charge in [0.05, 0.1) is 24.5 Å². The summed E-state index contributed by atoms with van der Waals surface area (Å²) in [6.45, 7) is 5.57. The van der Waals surface area contributed by atoms with Crippen LogP contribution in [0.4, 0.5) is 5.69 Å². The van der Waals surface area contributed by atoms with Crippen LogP contribution in [0.3, 0.4) is 0 Å². The number of nitrogens with one attached hydrogen (secondary N) is 2. The standard InChI is InChI=1S/C25H25N3O6/c1-11-6-12(2)20-15(7-11)25(24(32)26-20)19-18(21(27-25)13(3)29)22(30)28(23(19)31)9-14-4-5-16-17(8-14)34-10-33-16/h4-8,13,18-19,21,27,29H,9-10H2,1-3H3,(H,26,32)/t13-,18+,19-,21-,25-/m1/s1. The molecule has 0 unspecified atom stereocenters. The van der Waals surface area contributed by atoms with Crippen molar-refractivity contribution in [1.29, 1.82) is 0 Å². The molecule has 34 heavy (non-hydrogen) atoms. The van der Waals surface area contributed by atoms with Gasteiger partial charge < -0.3 is 19.9 Å². The Morgan fingerprint density at radius 2 is 1.88 bits per heavy atom. The first kappa shape index (κ1) is 21.1. The van der Waals surface area contributed by atoms with Crippen molar-refractivity contribution < 1.29 is 29.0 Å². The highest BCUT2D eigenvalue weighted by Crippen LogP contribution is 2.54. The quantitative estimate of drug-likeness (QED) is 0.588. The first-order valence-electron chi connectivity index (χ1n) is 11.3. The summed E-state index contributed by atoms with van der Waals surface area (Å²) < 4.78 is 10.8. The van der Waals surface area contributed by atoms with Gasteiger partial charge in [0, 0.05) is 17.3 Å². The lowest BCUT2D eigenvalue weighted by Crippen LogP contribution is -2.54. The zero-order chi connectivity index (χ0) is 23.9. The van der Waals surface area contributed by atoms with Crippen molar-refractivity contribution in [1.82, 2.24) is 10.2 Å². The molecule has 2 saturated heterocycles. The van der Waals surface area contributed by atoms with Crippen molar-refractivity contribution in [2.24, 2.45) is 11.8 Å². The van der Waals surface area contributed by atoms with Crippen LogP contribution in [0, 0.1) is 25.7 Å². The van der Waals surface area contributed by atoms with Crippen molar-refractivity contribution in [2.45, 2.75) is 45.0 Å². The van der Waals surface area contributed by atoms with Crippen LogP contribution in [0.15, 0.2) is 30.3 Å². The van der Waals surface area contributed by atoms with E-state index in [-0.39, 0.29) is 19.2 Å². The Hall–Kier alpha value is -3.43. The molecule has 2 fully saturated rings. The van der Waals surface area contributed by atoms with Crippen LogP contribution in [0.2, 0.25) is 0 Å². The molecule has 176 valence electrons. The van der Waals surface area contributed by atoms with Gasteiger partial charge in [-0.25, -0.2) is 0 Å². The Morgan fingerprint density at radius 1 is 1.12 bits per heavy atom. The third-order valence-corrected chi connectivity index (χ3v) is 7.49. The van der Waals surface area contributed by atoms with Crippen molar-refractivity contribution in [3.63, 3.8) is 0 Å². The van der Waals surface area contributed by atoms with Gasteiger partial charge in [-0.3, -0.25) is 24.6 Å². The number of carbonyl (C=O) groups is 3. The van der Waals surface area contributed by atoms with E-state index in [9.17, 15) is 19.5 Å². The number of likely N-dealkylation sites (tertiary alicyclic amines) is 1. The topological polar surface area (TPSA) is 117 Å². The monoisotopic (exact) mass is 463 g/mol. The number of anilines is 1. The molecule has 0 aliphatic carbocycles. The summed E-state index contributed by atoms with van der Waals surface area (Å²) in [5.74, 6) is -1.84. The van der Waals surface area contributed by atoms with E-state index in [2.05, 4.69) is 10.6 Å². The normalized spacial score (nSPS) is 29.6. The highest BCUT2D eigenvalue weighted by atomic mass is 16.7. The minimum Gasteiger partial charge on any atom is -0.454 e. The molecule has 4 aliphatic rings. The first-order chi connectivity index (χ1) is 16.2. The largest absolute Gasteiger partial charge is 0.454 e. The minimum absolute atomic E-state index is 0.0469. The molecule has 0 aromatic heterocycles. The average Bonchev–Trinajstić information content (AvgIpc) is 3.51. The summed E-state index contributed by atoms with van der Waals surface area (Å²) in [5.41, 5.74) is 2.42. The number of aryl methyl sites for hydroxylation is 2. The Labute approximate surface area is 196 Å². The molecule has 9 heteroatoms. The highest BCUT2D eigenvalue weighted by Gasteiger charge is 2.71. The molecule has 1 spiro atoms. The van der Waals surface area contributed by atoms with E-state index in [4.69, 9.17) is 9.47 Å². The van der Waals surface area contributed by atoms with Crippen LogP contribution in [0.5, 0.6) is 11.5 Å². The second-order valence-corrected chi connectivity index (χ2v) is 9.63. The van der Waals surface area contributed by atoms with Gasteiger partial charge in [-0.1, -0.05) is 23.8 Å². The van der Waals surface area contributed by atoms with Crippen molar-refractivity contribution in [2.75, 3.05) is 12.1 Å². The lowest BCUT2D eigenvalue weighted by molar-refractivity contribution is -0.143. The second-order valence-electron chi connectivity index (χ2n) is 9.63. The maximum absolute atomic E-state index is 13.8. The second kappa shape index (κ2) is 7.04. The third-order valence-electron chi connectivity index (χ3n) is 7.49. The summed E-state index contributed by atoms with van der Waals surface area (Å²) >= 11 is 0. The Kier molecular flexibility index (Phi) is 4.37. The SMILES string of the molecule is Cc1cc(C)c2c(c1)[C@]1(N[C@H]([C@@H](C)O)[C@H]3C(=O)N(Cc4ccc5c(c4)OCO5)C(=O)[C@@H]31)C(=O)N2. The van der Waals surface area contributed by atoms with E-state index >= 15 is 0 Å². The summed E-state index contributed by atoms with van der Waals surface area (Å²) in [7, 11) is 0. The summed E-state index contributed by atoms with van der Waals surface area (Å²) in [5, 5.41) is 16.7. The van der Waals surface area contributed by atoms with Gasteiger partial charge in [-0.05, 0) is 44.0 Å². The maximum Gasteiger partial charge on any atom is 0.250 e. The number of benzene rings is 2. The molecule has 2 aromatic carbocycles. The highest BCUT2D eigenvalue weighted by molar-refractivity contribution is 6.15. The number of imide groups is 1. The minimum atomic E-state index is -1.42. The first-order valence-corrected chi connectivity index (χ1v) is 11.3. The maximum atomic E-state index is 13.8. The predicted molar refractivity (Wildman–Crippen MR) is 120 cm³/mol. The van der Waals surface area contributed by atoms with E-state index in [1.54, 1.807) is 25.1 Å². The zero-order valence-corrected chi connectivity index (χ0v) is 19.0. The number of carbonyl (C=O) groups excluding carboxylic acids is 3. The molecular weight excluding hydrogens is 438 g/mol. The number of aliphatic hydroxyl groups is 1. The number of nitrogens with zero attached hydrogens (tertiary/aromatic N) is 1.